The van der Waals surface area contributed by atoms with Crippen LogP contribution in [0.1, 0.15) is 37.5 Å². The molecule has 0 atom stereocenters. The highest BCUT2D eigenvalue weighted by molar-refractivity contribution is 6.17. The van der Waals surface area contributed by atoms with Gasteiger partial charge in [0.1, 0.15) is 5.75 Å². The average Bonchev–Trinajstić information content (AvgIpc) is 2.41. The minimum absolute atomic E-state index is 0.0720. The van der Waals surface area contributed by atoms with Gasteiger partial charge in [-0.2, -0.15) is 0 Å². The molecule has 0 amide bonds. The van der Waals surface area contributed by atoms with Crippen LogP contribution < -0.4 is 4.74 Å². The van der Waals surface area contributed by atoms with E-state index in [1.165, 1.54) is 11.6 Å². The lowest BCUT2D eigenvalue weighted by atomic mass is 9.86. The van der Waals surface area contributed by atoms with E-state index < -0.39 is 5.82 Å². The second-order valence-corrected chi connectivity index (χ2v) is 6.46. The van der Waals surface area contributed by atoms with Crippen molar-refractivity contribution in [2.24, 2.45) is 0 Å². The largest absolute Gasteiger partial charge is 0.454 e. The number of para-hydroxylation sites is 1. The van der Waals surface area contributed by atoms with Gasteiger partial charge in [-0.25, -0.2) is 4.39 Å². The highest BCUT2D eigenvalue weighted by atomic mass is 35.5. The van der Waals surface area contributed by atoms with Gasteiger partial charge in [-0.1, -0.05) is 45.0 Å². The second-order valence-electron chi connectivity index (χ2n) is 6.19. The molecule has 0 aliphatic carbocycles. The standard InChI is InChI=1S/C18H20ClFO/c1-12-10-14(18(2,3)4)8-9-16(12)21-17-13(11-19)6-5-7-15(17)20/h5-10H,11H2,1-4H3. The fourth-order valence-corrected chi connectivity index (χ4v) is 2.32. The predicted molar refractivity (Wildman–Crippen MR) is 85.9 cm³/mol. The van der Waals surface area contributed by atoms with E-state index in [0.29, 0.717) is 11.3 Å². The highest BCUT2D eigenvalue weighted by Crippen LogP contribution is 2.33. The van der Waals surface area contributed by atoms with Crippen molar-refractivity contribution in [1.82, 2.24) is 0 Å². The van der Waals surface area contributed by atoms with Crippen LogP contribution in [-0.2, 0) is 11.3 Å². The van der Waals surface area contributed by atoms with Gasteiger partial charge in [0.2, 0.25) is 0 Å². The molecule has 2 aromatic rings. The Morgan fingerprint density at radius 3 is 2.43 bits per heavy atom. The summed E-state index contributed by atoms with van der Waals surface area (Å²) in [5, 5.41) is 0. The first kappa shape index (κ1) is 15.8. The number of rotatable bonds is 3. The van der Waals surface area contributed by atoms with E-state index in [2.05, 4.69) is 26.8 Å². The zero-order valence-corrected chi connectivity index (χ0v) is 13.6. The van der Waals surface area contributed by atoms with Gasteiger partial charge in [-0.05, 0) is 35.6 Å². The number of halogens is 2. The van der Waals surface area contributed by atoms with Crippen LogP contribution in [0.25, 0.3) is 0 Å². The summed E-state index contributed by atoms with van der Waals surface area (Å²) in [7, 11) is 0. The minimum atomic E-state index is -0.396. The predicted octanol–water partition coefficient (Wildman–Crippen LogP) is 5.96. The Morgan fingerprint density at radius 1 is 1.14 bits per heavy atom. The lowest BCUT2D eigenvalue weighted by Crippen LogP contribution is -2.11. The molecule has 0 saturated carbocycles. The molecule has 2 aromatic carbocycles. The van der Waals surface area contributed by atoms with Crippen LogP contribution in [0.5, 0.6) is 11.5 Å². The third-order valence-electron chi connectivity index (χ3n) is 3.45. The van der Waals surface area contributed by atoms with Crippen molar-refractivity contribution >= 4 is 11.6 Å². The van der Waals surface area contributed by atoms with Gasteiger partial charge >= 0.3 is 0 Å². The fourth-order valence-electron chi connectivity index (χ4n) is 2.11. The summed E-state index contributed by atoms with van der Waals surface area (Å²) in [5.41, 5.74) is 2.92. The Bertz CT molecular complexity index is 644. The van der Waals surface area contributed by atoms with Crippen molar-refractivity contribution in [2.75, 3.05) is 0 Å². The van der Waals surface area contributed by atoms with E-state index in [4.69, 9.17) is 16.3 Å². The molecule has 0 N–H and O–H groups in total. The fraction of sp³-hybridized carbons (Fsp3) is 0.333. The third-order valence-corrected chi connectivity index (χ3v) is 3.73. The first-order chi connectivity index (χ1) is 9.82. The summed E-state index contributed by atoms with van der Waals surface area (Å²) in [6, 6.07) is 10.8. The molecule has 0 spiro atoms. The molecule has 0 saturated heterocycles. The molecule has 0 bridgehead atoms. The Morgan fingerprint density at radius 2 is 1.86 bits per heavy atom. The van der Waals surface area contributed by atoms with Gasteiger partial charge in [-0.3, -0.25) is 0 Å². The van der Waals surface area contributed by atoms with Crippen molar-refractivity contribution in [3.63, 3.8) is 0 Å². The minimum Gasteiger partial charge on any atom is -0.454 e. The molecule has 21 heavy (non-hydrogen) atoms. The molecule has 0 aromatic heterocycles. The topological polar surface area (TPSA) is 9.23 Å². The van der Waals surface area contributed by atoms with Crippen LogP contribution in [0.4, 0.5) is 4.39 Å². The zero-order valence-electron chi connectivity index (χ0n) is 12.8. The van der Waals surface area contributed by atoms with E-state index in [0.717, 1.165) is 5.56 Å². The van der Waals surface area contributed by atoms with Crippen molar-refractivity contribution in [1.29, 1.82) is 0 Å². The van der Waals surface area contributed by atoms with E-state index in [-0.39, 0.29) is 17.0 Å². The molecule has 1 nitrogen and oxygen atoms in total. The second kappa shape index (κ2) is 6.07. The maximum absolute atomic E-state index is 13.9. The normalized spacial score (nSPS) is 11.5. The van der Waals surface area contributed by atoms with E-state index in [9.17, 15) is 4.39 Å². The van der Waals surface area contributed by atoms with Gasteiger partial charge in [-0.15, -0.1) is 11.6 Å². The lowest BCUT2D eigenvalue weighted by molar-refractivity contribution is 0.435. The maximum Gasteiger partial charge on any atom is 0.167 e. The lowest BCUT2D eigenvalue weighted by Gasteiger charge is -2.21. The number of hydrogen-bond donors (Lipinski definition) is 0. The molecular weight excluding hydrogens is 287 g/mol. The van der Waals surface area contributed by atoms with Gasteiger partial charge in [0.25, 0.3) is 0 Å². The van der Waals surface area contributed by atoms with E-state index in [1.54, 1.807) is 12.1 Å². The first-order valence-electron chi connectivity index (χ1n) is 6.95. The molecule has 0 heterocycles. The smallest absolute Gasteiger partial charge is 0.167 e. The van der Waals surface area contributed by atoms with Crippen molar-refractivity contribution in [3.8, 4) is 11.5 Å². The van der Waals surface area contributed by atoms with Gasteiger partial charge < -0.3 is 4.74 Å². The molecule has 0 aliphatic rings. The number of hydrogen-bond acceptors (Lipinski definition) is 1. The van der Waals surface area contributed by atoms with Gasteiger partial charge in [0, 0.05) is 5.56 Å². The van der Waals surface area contributed by atoms with Gasteiger partial charge in [0.15, 0.2) is 11.6 Å². The summed E-state index contributed by atoms with van der Waals surface area (Å²) in [5.74, 6) is 0.678. The SMILES string of the molecule is Cc1cc(C(C)(C)C)ccc1Oc1c(F)cccc1CCl. The Hall–Kier alpha value is -1.54. The van der Waals surface area contributed by atoms with Crippen molar-refractivity contribution in [3.05, 3.63) is 58.9 Å². The molecule has 0 unspecified atom stereocenters. The highest BCUT2D eigenvalue weighted by Gasteiger charge is 2.16. The van der Waals surface area contributed by atoms with Crippen molar-refractivity contribution in [2.45, 2.75) is 39.0 Å². The van der Waals surface area contributed by atoms with E-state index in [1.807, 2.05) is 19.1 Å². The maximum atomic E-state index is 13.9. The van der Waals surface area contributed by atoms with Crippen LogP contribution in [0, 0.1) is 12.7 Å². The molecular formula is C18H20ClFO. The number of alkyl halides is 1. The van der Waals surface area contributed by atoms with E-state index >= 15 is 0 Å². The molecule has 0 radical (unpaired) electrons. The van der Waals surface area contributed by atoms with Gasteiger partial charge in [0.05, 0.1) is 5.88 Å². The summed E-state index contributed by atoms with van der Waals surface area (Å²) in [6.07, 6.45) is 0. The molecule has 3 heteroatoms. The Labute approximate surface area is 130 Å². The summed E-state index contributed by atoms with van der Waals surface area (Å²) in [6.45, 7) is 8.44. The molecule has 0 aliphatic heterocycles. The van der Waals surface area contributed by atoms with Crippen LogP contribution in [0.2, 0.25) is 0 Å². The Balaban J connectivity index is 2.37. The summed E-state index contributed by atoms with van der Waals surface area (Å²) < 4.78 is 19.7. The van der Waals surface area contributed by atoms with Crippen LogP contribution in [0.15, 0.2) is 36.4 Å². The summed E-state index contributed by atoms with van der Waals surface area (Å²) in [4.78, 5) is 0. The Kier molecular flexibility index (Phi) is 4.58. The van der Waals surface area contributed by atoms with Crippen LogP contribution >= 0.6 is 11.6 Å². The van der Waals surface area contributed by atoms with Crippen LogP contribution in [0.3, 0.4) is 0 Å². The number of benzene rings is 2. The molecule has 2 rings (SSSR count). The third kappa shape index (κ3) is 3.56. The first-order valence-corrected chi connectivity index (χ1v) is 7.48. The van der Waals surface area contributed by atoms with Crippen LogP contribution in [-0.4, -0.2) is 0 Å². The average molecular weight is 307 g/mol. The molecule has 112 valence electrons. The zero-order chi connectivity index (χ0) is 15.6. The number of ether oxygens (including phenoxy) is 1. The monoisotopic (exact) mass is 306 g/mol. The van der Waals surface area contributed by atoms with Crippen molar-refractivity contribution < 1.29 is 9.13 Å². The quantitative estimate of drug-likeness (QED) is 0.635. The number of aryl methyl sites for hydroxylation is 1. The summed E-state index contributed by atoms with van der Waals surface area (Å²) >= 11 is 5.85. The molecule has 0 fully saturated rings.